The Labute approximate surface area is 101 Å². The molecular weight excluding hydrogens is 214 g/mol. The standard InChI is InChI=1S/C12H17N5/c1-5-10-8(2)11(13-3)16-12(15-10)9-6-14-17(4)7-9/h6-7H,5H2,1-4H3,(H,13,15,16). The Hall–Kier alpha value is -1.91. The highest BCUT2D eigenvalue weighted by molar-refractivity contribution is 5.58. The fraction of sp³-hybridized carbons (Fsp3) is 0.417. The number of aromatic nitrogens is 4. The van der Waals surface area contributed by atoms with Gasteiger partial charge in [0.1, 0.15) is 5.82 Å². The van der Waals surface area contributed by atoms with Gasteiger partial charge in [-0.15, -0.1) is 0 Å². The topological polar surface area (TPSA) is 55.6 Å². The first-order chi connectivity index (χ1) is 8.15. The number of hydrogen-bond acceptors (Lipinski definition) is 4. The molecule has 0 aliphatic rings. The highest BCUT2D eigenvalue weighted by Gasteiger charge is 2.11. The van der Waals surface area contributed by atoms with E-state index in [2.05, 4.69) is 27.3 Å². The van der Waals surface area contributed by atoms with E-state index < -0.39 is 0 Å². The summed E-state index contributed by atoms with van der Waals surface area (Å²) in [6, 6.07) is 0. The van der Waals surface area contributed by atoms with Crippen LogP contribution < -0.4 is 5.32 Å². The molecule has 0 saturated heterocycles. The van der Waals surface area contributed by atoms with Crippen LogP contribution in [0.15, 0.2) is 12.4 Å². The van der Waals surface area contributed by atoms with Crippen LogP contribution >= 0.6 is 0 Å². The zero-order chi connectivity index (χ0) is 12.4. The van der Waals surface area contributed by atoms with E-state index in [1.165, 1.54) is 0 Å². The van der Waals surface area contributed by atoms with Gasteiger partial charge in [-0.3, -0.25) is 4.68 Å². The van der Waals surface area contributed by atoms with Crippen molar-refractivity contribution in [3.63, 3.8) is 0 Å². The molecule has 0 amide bonds. The van der Waals surface area contributed by atoms with Gasteiger partial charge in [0.2, 0.25) is 0 Å². The largest absolute Gasteiger partial charge is 0.373 e. The molecular formula is C12H17N5. The van der Waals surface area contributed by atoms with Crippen molar-refractivity contribution in [3.05, 3.63) is 23.7 Å². The summed E-state index contributed by atoms with van der Waals surface area (Å²) in [7, 11) is 3.76. The summed E-state index contributed by atoms with van der Waals surface area (Å²) in [5.74, 6) is 1.61. The first-order valence-corrected chi connectivity index (χ1v) is 5.70. The minimum absolute atomic E-state index is 0.727. The molecule has 0 aromatic carbocycles. The Morgan fingerprint density at radius 2 is 2.12 bits per heavy atom. The van der Waals surface area contributed by atoms with Crippen LogP contribution in [-0.2, 0) is 13.5 Å². The highest BCUT2D eigenvalue weighted by Crippen LogP contribution is 2.21. The predicted molar refractivity (Wildman–Crippen MR) is 67.9 cm³/mol. The van der Waals surface area contributed by atoms with Crippen molar-refractivity contribution < 1.29 is 0 Å². The van der Waals surface area contributed by atoms with Crippen molar-refractivity contribution in [3.8, 4) is 11.4 Å². The van der Waals surface area contributed by atoms with Crippen LogP contribution in [-0.4, -0.2) is 26.8 Å². The zero-order valence-electron chi connectivity index (χ0n) is 10.7. The lowest BCUT2D eigenvalue weighted by Gasteiger charge is -2.10. The Kier molecular flexibility index (Phi) is 3.08. The maximum atomic E-state index is 4.58. The first kappa shape index (κ1) is 11.6. The van der Waals surface area contributed by atoms with Crippen molar-refractivity contribution >= 4 is 5.82 Å². The SMILES string of the molecule is CCc1nc(-c2cnn(C)c2)nc(NC)c1C. The van der Waals surface area contributed by atoms with Gasteiger partial charge >= 0.3 is 0 Å². The van der Waals surface area contributed by atoms with Gasteiger partial charge in [0, 0.05) is 31.5 Å². The van der Waals surface area contributed by atoms with Gasteiger partial charge < -0.3 is 5.32 Å². The molecule has 0 spiro atoms. The van der Waals surface area contributed by atoms with Gasteiger partial charge in [0.25, 0.3) is 0 Å². The Morgan fingerprint density at radius 1 is 1.35 bits per heavy atom. The van der Waals surface area contributed by atoms with E-state index in [0.29, 0.717) is 0 Å². The van der Waals surface area contributed by atoms with Crippen molar-refractivity contribution in [2.24, 2.45) is 7.05 Å². The van der Waals surface area contributed by atoms with E-state index in [4.69, 9.17) is 0 Å². The summed E-state index contributed by atoms with van der Waals surface area (Å²) in [5.41, 5.74) is 3.13. The molecule has 1 N–H and O–H groups in total. The number of hydrogen-bond donors (Lipinski definition) is 1. The van der Waals surface area contributed by atoms with Crippen LogP contribution in [0.25, 0.3) is 11.4 Å². The monoisotopic (exact) mass is 231 g/mol. The second-order valence-electron chi connectivity index (χ2n) is 3.97. The normalized spacial score (nSPS) is 10.6. The van der Waals surface area contributed by atoms with E-state index in [-0.39, 0.29) is 0 Å². The molecule has 90 valence electrons. The number of nitrogens with one attached hydrogen (secondary N) is 1. The molecule has 2 aromatic heterocycles. The molecule has 2 heterocycles. The number of nitrogens with zero attached hydrogens (tertiary/aromatic N) is 4. The summed E-state index contributed by atoms with van der Waals surface area (Å²) in [6.07, 6.45) is 4.60. The van der Waals surface area contributed by atoms with Gasteiger partial charge in [-0.1, -0.05) is 6.92 Å². The molecule has 2 rings (SSSR count). The summed E-state index contributed by atoms with van der Waals surface area (Å²) in [4.78, 5) is 9.09. The second-order valence-corrected chi connectivity index (χ2v) is 3.97. The summed E-state index contributed by atoms with van der Waals surface area (Å²) in [5, 5.41) is 7.25. The molecule has 0 fully saturated rings. The molecule has 17 heavy (non-hydrogen) atoms. The minimum Gasteiger partial charge on any atom is -0.373 e. The van der Waals surface area contributed by atoms with E-state index in [1.807, 2.05) is 27.2 Å². The minimum atomic E-state index is 0.727. The smallest absolute Gasteiger partial charge is 0.164 e. The summed E-state index contributed by atoms with van der Waals surface area (Å²) < 4.78 is 1.75. The third kappa shape index (κ3) is 2.13. The number of aryl methyl sites for hydroxylation is 2. The maximum absolute atomic E-state index is 4.58. The van der Waals surface area contributed by atoms with E-state index in [1.54, 1.807) is 10.9 Å². The third-order valence-electron chi connectivity index (χ3n) is 2.78. The summed E-state index contributed by atoms with van der Waals surface area (Å²) >= 11 is 0. The van der Waals surface area contributed by atoms with Crippen molar-refractivity contribution in [1.29, 1.82) is 0 Å². The maximum Gasteiger partial charge on any atom is 0.164 e. The number of anilines is 1. The first-order valence-electron chi connectivity index (χ1n) is 5.70. The average molecular weight is 231 g/mol. The van der Waals surface area contributed by atoms with Gasteiger partial charge in [-0.05, 0) is 13.3 Å². The van der Waals surface area contributed by atoms with Crippen LogP contribution in [0.2, 0.25) is 0 Å². The lowest BCUT2D eigenvalue weighted by atomic mass is 10.2. The van der Waals surface area contributed by atoms with Gasteiger partial charge in [-0.25, -0.2) is 9.97 Å². The molecule has 0 radical (unpaired) electrons. The molecule has 0 aliphatic heterocycles. The van der Waals surface area contributed by atoms with E-state index in [9.17, 15) is 0 Å². The summed E-state index contributed by atoms with van der Waals surface area (Å²) in [6.45, 7) is 4.14. The lowest BCUT2D eigenvalue weighted by molar-refractivity contribution is 0.768. The van der Waals surface area contributed by atoms with Crippen molar-refractivity contribution in [2.45, 2.75) is 20.3 Å². The van der Waals surface area contributed by atoms with Crippen LogP contribution in [0.4, 0.5) is 5.82 Å². The fourth-order valence-electron chi connectivity index (χ4n) is 1.82. The molecule has 5 nitrogen and oxygen atoms in total. The molecule has 5 heteroatoms. The van der Waals surface area contributed by atoms with Gasteiger partial charge in [0.15, 0.2) is 5.82 Å². The van der Waals surface area contributed by atoms with E-state index in [0.717, 1.165) is 34.9 Å². The molecule has 0 atom stereocenters. The van der Waals surface area contributed by atoms with Gasteiger partial charge in [0.05, 0.1) is 11.8 Å². The van der Waals surface area contributed by atoms with Crippen LogP contribution in [0, 0.1) is 6.92 Å². The van der Waals surface area contributed by atoms with Crippen LogP contribution in [0.1, 0.15) is 18.2 Å². The van der Waals surface area contributed by atoms with Crippen molar-refractivity contribution in [1.82, 2.24) is 19.7 Å². The molecule has 0 bridgehead atoms. The Morgan fingerprint density at radius 3 is 2.65 bits per heavy atom. The fourth-order valence-corrected chi connectivity index (χ4v) is 1.82. The highest BCUT2D eigenvalue weighted by atomic mass is 15.2. The van der Waals surface area contributed by atoms with Crippen molar-refractivity contribution in [2.75, 3.05) is 12.4 Å². The van der Waals surface area contributed by atoms with Crippen LogP contribution in [0.5, 0.6) is 0 Å². The number of rotatable bonds is 3. The predicted octanol–water partition coefficient (Wildman–Crippen LogP) is 1.79. The van der Waals surface area contributed by atoms with E-state index >= 15 is 0 Å². The lowest BCUT2D eigenvalue weighted by Crippen LogP contribution is -2.04. The quantitative estimate of drug-likeness (QED) is 0.875. The second kappa shape index (κ2) is 4.53. The van der Waals surface area contributed by atoms with Gasteiger partial charge in [-0.2, -0.15) is 5.10 Å². The Balaban J connectivity index is 2.55. The molecule has 0 saturated carbocycles. The zero-order valence-corrected chi connectivity index (χ0v) is 10.7. The molecule has 2 aromatic rings. The Bertz CT molecular complexity index is 504. The molecule has 0 aliphatic carbocycles. The van der Waals surface area contributed by atoms with Crippen LogP contribution in [0.3, 0.4) is 0 Å². The molecule has 0 unspecified atom stereocenters. The average Bonchev–Trinajstić information content (AvgIpc) is 2.76. The third-order valence-corrected chi connectivity index (χ3v) is 2.78.